The van der Waals surface area contributed by atoms with E-state index in [9.17, 15) is 0 Å². The van der Waals surface area contributed by atoms with Gasteiger partial charge in [0.2, 0.25) is 0 Å². The molecule has 0 bridgehead atoms. The molecular weight excluding hydrogens is 202 g/mol. The van der Waals surface area contributed by atoms with Crippen molar-refractivity contribution >= 4 is 23.3 Å². The second kappa shape index (κ2) is 2.97. The molecule has 72 valence electrons. The fourth-order valence-corrected chi connectivity index (χ4v) is 2.59. The highest BCUT2D eigenvalue weighted by Gasteiger charge is 2.40. The minimum atomic E-state index is -0.222. The van der Waals surface area contributed by atoms with Crippen molar-refractivity contribution in [3.8, 4) is 0 Å². The molecule has 1 atom stereocenters. The number of rotatable bonds is 0. The highest BCUT2D eigenvalue weighted by Crippen LogP contribution is 2.44. The van der Waals surface area contributed by atoms with Crippen molar-refractivity contribution in [1.29, 1.82) is 0 Å². The molecule has 3 aliphatic rings. The van der Waals surface area contributed by atoms with E-state index in [-0.39, 0.29) is 5.41 Å². The number of hydrogen-bond acceptors (Lipinski definition) is 2. The number of hydrogen-bond donors (Lipinski definition) is 0. The maximum Gasteiger partial charge on any atom is 0.0766 e. The van der Waals surface area contributed by atoms with Crippen LogP contribution in [0.5, 0.6) is 0 Å². The molecule has 2 aliphatic carbocycles. The third-order valence-corrected chi connectivity index (χ3v) is 3.44. The van der Waals surface area contributed by atoms with Crippen molar-refractivity contribution in [2.45, 2.75) is 0 Å². The molecule has 0 N–H and O–H groups in total. The SMILES string of the molecule is S=C1C=CC=C2C=NC=C3C=CC=CC123. The molecule has 1 spiro atoms. The molecule has 0 aromatic rings. The lowest BCUT2D eigenvalue weighted by atomic mass is 9.67. The molecule has 1 nitrogen and oxygen atoms in total. The van der Waals surface area contributed by atoms with Crippen LogP contribution >= 0.6 is 12.2 Å². The van der Waals surface area contributed by atoms with E-state index in [0.717, 1.165) is 16.0 Å². The molecule has 0 fully saturated rings. The summed E-state index contributed by atoms with van der Waals surface area (Å²) in [5, 5.41) is 0. The number of thiocarbonyl (C=S) groups is 1. The van der Waals surface area contributed by atoms with Gasteiger partial charge in [0.1, 0.15) is 0 Å². The zero-order valence-corrected chi connectivity index (χ0v) is 8.87. The van der Waals surface area contributed by atoms with E-state index in [1.807, 2.05) is 30.6 Å². The van der Waals surface area contributed by atoms with E-state index in [4.69, 9.17) is 12.2 Å². The Morgan fingerprint density at radius 2 is 2.00 bits per heavy atom. The summed E-state index contributed by atoms with van der Waals surface area (Å²) in [5.74, 6) is 0. The third kappa shape index (κ3) is 1.03. The van der Waals surface area contributed by atoms with Gasteiger partial charge in [-0.15, -0.1) is 0 Å². The Morgan fingerprint density at radius 3 is 2.93 bits per heavy atom. The van der Waals surface area contributed by atoms with Crippen LogP contribution in [0.4, 0.5) is 0 Å². The molecular formula is C13H9NS. The lowest BCUT2D eigenvalue weighted by Crippen LogP contribution is -2.35. The number of aliphatic imine (C=N–C) groups is 1. The number of allylic oxidation sites excluding steroid dienone is 9. The van der Waals surface area contributed by atoms with Gasteiger partial charge in [-0.3, -0.25) is 4.99 Å². The Hall–Kier alpha value is -1.54. The van der Waals surface area contributed by atoms with E-state index in [2.05, 4.69) is 29.3 Å². The van der Waals surface area contributed by atoms with E-state index < -0.39 is 0 Å². The molecule has 3 rings (SSSR count). The molecule has 1 heterocycles. The first-order chi connectivity index (χ1) is 7.34. The van der Waals surface area contributed by atoms with E-state index in [1.165, 1.54) is 0 Å². The summed E-state index contributed by atoms with van der Waals surface area (Å²) in [6, 6.07) is 0. The Bertz CT molecular complexity index is 505. The van der Waals surface area contributed by atoms with Crippen LogP contribution in [0.2, 0.25) is 0 Å². The molecule has 0 radical (unpaired) electrons. The van der Waals surface area contributed by atoms with E-state index in [0.29, 0.717) is 0 Å². The Labute approximate surface area is 93.9 Å². The summed E-state index contributed by atoms with van der Waals surface area (Å²) in [6.45, 7) is 0. The Kier molecular flexibility index (Phi) is 1.73. The van der Waals surface area contributed by atoms with Crippen LogP contribution in [-0.2, 0) is 0 Å². The molecule has 1 unspecified atom stereocenters. The van der Waals surface area contributed by atoms with Crippen LogP contribution in [-0.4, -0.2) is 11.1 Å². The van der Waals surface area contributed by atoms with Gasteiger partial charge in [-0.05, 0) is 17.2 Å². The van der Waals surface area contributed by atoms with Gasteiger partial charge >= 0.3 is 0 Å². The molecule has 15 heavy (non-hydrogen) atoms. The molecule has 1 aliphatic heterocycles. The Morgan fingerprint density at radius 1 is 1.07 bits per heavy atom. The zero-order chi connectivity index (χ0) is 10.3. The summed E-state index contributed by atoms with van der Waals surface area (Å²) in [6.07, 6.45) is 18.2. The lowest BCUT2D eigenvalue weighted by Gasteiger charge is -2.37. The van der Waals surface area contributed by atoms with Gasteiger partial charge in [0.05, 0.1) is 5.41 Å². The highest BCUT2D eigenvalue weighted by molar-refractivity contribution is 7.81. The van der Waals surface area contributed by atoms with E-state index >= 15 is 0 Å². The quantitative estimate of drug-likeness (QED) is 0.561. The minimum absolute atomic E-state index is 0.222. The summed E-state index contributed by atoms with van der Waals surface area (Å²) in [4.78, 5) is 5.18. The molecule has 0 aromatic heterocycles. The van der Waals surface area contributed by atoms with Gasteiger partial charge in [-0.2, -0.15) is 0 Å². The molecule has 0 aromatic carbocycles. The standard InChI is InChI=1S/C13H9NS/c15-12-6-3-5-11-9-14-8-10-4-1-2-7-13(10,11)12/h1-9H. The fraction of sp³-hybridized carbons (Fsp3) is 0.0769. The largest absolute Gasteiger partial charge is 0.264 e. The smallest absolute Gasteiger partial charge is 0.0766 e. The predicted molar refractivity (Wildman–Crippen MR) is 67.1 cm³/mol. The average Bonchev–Trinajstić information content (AvgIpc) is 2.28. The first-order valence-corrected chi connectivity index (χ1v) is 5.28. The fourth-order valence-electron chi connectivity index (χ4n) is 2.21. The van der Waals surface area contributed by atoms with Crippen LogP contribution in [0.15, 0.2) is 64.9 Å². The number of nitrogens with zero attached hydrogens (tertiary/aromatic N) is 1. The molecule has 0 saturated carbocycles. The lowest BCUT2D eigenvalue weighted by molar-refractivity contribution is 0.800. The minimum Gasteiger partial charge on any atom is -0.264 e. The maximum absolute atomic E-state index is 5.48. The van der Waals surface area contributed by atoms with Gasteiger partial charge in [-0.1, -0.05) is 48.7 Å². The monoisotopic (exact) mass is 211 g/mol. The van der Waals surface area contributed by atoms with Crippen molar-refractivity contribution in [3.05, 3.63) is 59.9 Å². The van der Waals surface area contributed by atoms with Gasteiger partial charge < -0.3 is 0 Å². The van der Waals surface area contributed by atoms with Gasteiger partial charge in [0, 0.05) is 17.3 Å². The molecule has 0 amide bonds. The maximum atomic E-state index is 5.48. The Balaban J connectivity index is 2.30. The van der Waals surface area contributed by atoms with Crippen molar-refractivity contribution in [2.24, 2.45) is 10.4 Å². The topological polar surface area (TPSA) is 12.4 Å². The van der Waals surface area contributed by atoms with E-state index in [1.54, 1.807) is 0 Å². The highest BCUT2D eigenvalue weighted by atomic mass is 32.1. The van der Waals surface area contributed by atoms with Crippen LogP contribution in [0.25, 0.3) is 0 Å². The molecule has 2 heteroatoms. The summed E-state index contributed by atoms with van der Waals surface area (Å²) < 4.78 is 0. The predicted octanol–water partition coefficient (Wildman–Crippen LogP) is 2.93. The normalized spacial score (nSPS) is 30.8. The second-order valence-corrected chi connectivity index (χ2v) is 4.17. The van der Waals surface area contributed by atoms with Crippen LogP contribution in [0.1, 0.15) is 0 Å². The molecule has 0 saturated heterocycles. The van der Waals surface area contributed by atoms with Crippen LogP contribution < -0.4 is 0 Å². The van der Waals surface area contributed by atoms with Crippen molar-refractivity contribution in [1.82, 2.24) is 0 Å². The summed E-state index contributed by atoms with van der Waals surface area (Å²) >= 11 is 5.48. The van der Waals surface area contributed by atoms with Crippen molar-refractivity contribution in [3.63, 3.8) is 0 Å². The average molecular weight is 211 g/mol. The van der Waals surface area contributed by atoms with Crippen LogP contribution in [0, 0.1) is 5.41 Å². The summed E-state index contributed by atoms with van der Waals surface area (Å²) in [5.41, 5.74) is 2.10. The second-order valence-electron chi connectivity index (χ2n) is 3.73. The van der Waals surface area contributed by atoms with Crippen molar-refractivity contribution < 1.29 is 0 Å². The van der Waals surface area contributed by atoms with Gasteiger partial charge in [0.15, 0.2) is 0 Å². The van der Waals surface area contributed by atoms with Crippen molar-refractivity contribution in [2.75, 3.05) is 0 Å². The zero-order valence-electron chi connectivity index (χ0n) is 8.05. The van der Waals surface area contributed by atoms with Gasteiger partial charge in [0.25, 0.3) is 0 Å². The first kappa shape index (κ1) is 8.74. The third-order valence-electron chi connectivity index (χ3n) is 2.98. The summed E-state index contributed by atoms with van der Waals surface area (Å²) in [7, 11) is 0. The van der Waals surface area contributed by atoms with Gasteiger partial charge in [-0.25, -0.2) is 0 Å². The van der Waals surface area contributed by atoms with Crippen LogP contribution in [0.3, 0.4) is 0 Å². The first-order valence-electron chi connectivity index (χ1n) is 4.87.